The van der Waals surface area contributed by atoms with Gasteiger partial charge in [0.2, 0.25) is 0 Å². The number of sulfone groups is 1. The molecule has 3 nitrogen and oxygen atoms in total. The molecule has 0 N–H and O–H groups in total. The summed E-state index contributed by atoms with van der Waals surface area (Å²) < 4.78 is 24.3. The second-order valence-electron chi connectivity index (χ2n) is 5.44. The first kappa shape index (κ1) is 15.8. The molecule has 1 saturated heterocycles. The van der Waals surface area contributed by atoms with Crippen molar-refractivity contribution >= 4 is 21.4 Å². The van der Waals surface area contributed by atoms with Gasteiger partial charge in [0, 0.05) is 12.4 Å². The summed E-state index contributed by atoms with van der Waals surface area (Å²) in [6.07, 6.45) is 3.66. The highest BCUT2D eigenvalue weighted by atomic mass is 35.5. The van der Waals surface area contributed by atoms with Gasteiger partial charge in [-0.3, -0.25) is 0 Å². The first-order chi connectivity index (χ1) is 9.59. The summed E-state index contributed by atoms with van der Waals surface area (Å²) in [5, 5.41) is 0. The molecule has 0 amide bonds. The summed E-state index contributed by atoms with van der Waals surface area (Å²) in [5.41, 5.74) is 1.86. The Hall–Kier alpha value is -0.580. The van der Waals surface area contributed by atoms with Crippen molar-refractivity contribution in [3.63, 3.8) is 0 Å². The number of hydrogen-bond acceptors (Lipinski definition) is 3. The van der Waals surface area contributed by atoms with Crippen molar-refractivity contribution in [3.8, 4) is 0 Å². The van der Waals surface area contributed by atoms with Crippen LogP contribution in [0.1, 0.15) is 30.4 Å². The van der Waals surface area contributed by atoms with Crippen LogP contribution in [0.3, 0.4) is 0 Å². The molecule has 5 heteroatoms. The normalized spacial score (nSPS) is 17.2. The highest BCUT2D eigenvalue weighted by Gasteiger charge is 2.16. The maximum atomic E-state index is 12.1. The van der Waals surface area contributed by atoms with E-state index in [9.17, 15) is 8.42 Å². The monoisotopic (exact) mass is 315 g/mol. The molecule has 0 unspecified atom stereocenters. The Bertz CT molecular complexity index is 507. The zero-order valence-electron chi connectivity index (χ0n) is 11.7. The summed E-state index contributed by atoms with van der Waals surface area (Å²) in [7, 11) is -3.03. The number of piperidine rings is 1. The molecular formula is C15H22ClNO2S. The van der Waals surface area contributed by atoms with Gasteiger partial charge < -0.3 is 4.90 Å². The zero-order valence-corrected chi connectivity index (χ0v) is 13.3. The van der Waals surface area contributed by atoms with Gasteiger partial charge >= 0.3 is 0 Å². The molecule has 1 heterocycles. The summed E-state index contributed by atoms with van der Waals surface area (Å²) in [5.74, 6) is 0.843. The van der Waals surface area contributed by atoms with Crippen LogP contribution in [0, 0.1) is 0 Å². The highest BCUT2D eigenvalue weighted by Crippen LogP contribution is 2.12. The number of likely N-dealkylation sites (tertiary alicyclic amines) is 1. The molecule has 0 aromatic heterocycles. The largest absolute Gasteiger partial charge is 0.302 e. The Morgan fingerprint density at radius 3 is 2.20 bits per heavy atom. The molecule has 1 aliphatic rings. The lowest BCUT2D eigenvalue weighted by atomic mass is 10.1. The summed E-state index contributed by atoms with van der Waals surface area (Å²) in [6.45, 7) is 2.75. The van der Waals surface area contributed by atoms with Gasteiger partial charge in [-0.25, -0.2) is 8.42 Å². The van der Waals surface area contributed by atoms with Crippen LogP contribution in [0.25, 0.3) is 0 Å². The molecule has 1 aliphatic heterocycles. The van der Waals surface area contributed by atoms with Crippen LogP contribution in [0.4, 0.5) is 0 Å². The Balaban J connectivity index is 1.85. The average molecular weight is 316 g/mol. The molecule has 1 aromatic rings. The van der Waals surface area contributed by atoms with Crippen LogP contribution in [0.15, 0.2) is 24.3 Å². The van der Waals surface area contributed by atoms with Crippen LogP contribution in [-0.2, 0) is 21.5 Å². The topological polar surface area (TPSA) is 37.4 Å². The fraction of sp³-hybridized carbons (Fsp3) is 0.600. The molecule has 0 atom stereocenters. The summed E-state index contributed by atoms with van der Waals surface area (Å²) in [6, 6.07) is 7.50. The fourth-order valence-corrected chi connectivity index (χ4v) is 4.06. The zero-order chi connectivity index (χ0) is 14.4. The van der Waals surface area contributed by atoms with Gasteiger partial charge in [-0.1, -0.05) is 30.7 Å². The maximum absolute atomic E-state index is 12.1. The Morgan fingerprint density at radius 2 is 1.60 bits per heavy atom. The van der Waals surface area contributed by atoms with E-state index in [1.54, 1.807) is 0 Å². The van der Waals surface area contributed by atoms with E-state index < -0.39 is 9.84 Å². The smallest absolute Gasteiger partial charge is 0.155 e. The van der Waals surface area contributed by atoms with Gasteiger partial charge in [-0.05, 0) is 37.1 Å². The standard InChI is InChI=1S/C15H22ClNO2S/c16-12-14-4-6-15(7-5-14)13-20(18,19)11-10-17-8-2-1-3-9-17/h4-7H,1-3,8-13H2. The van der Waals surface area contributed by atoms with Gasteiger partial charge in [0.05, 0.1) is 11.5 Å². The lowest BCUT2D eigenvalue weighted by Crippen LogP contribution is -2.34. The van der Waals surface area contributed by atoms with Gasteiger partial charge in [0.15, 0.2) is 9.84 Å². The summed E-state index contributed by atoms with van der Waals surface area (Å²) in [4.78, 5) is 2.26. The molecule has 1 fully saturated rings. The minimum absolute atomic E-state index is 0.128. The molecular weight excluding hydrogens is 294 g/mol. The molecule has 0 saturated carbocycles. The minimum Gasteiger partial charge on any atom is -0.302 e. The summed E-state index contributed by atoms with van der Waals surface area (Å²) >= 11 is 5.72. The van der Waals surface area contributed by atoms with E-state index in [1.165, 1.54) is 19.3 Å². The van der Waals surface area contributed by atoms with Gasteiger partial charge in [-0.15, -0.1) is 11.6 Å². The first-order valence-electron chi connectivity index (χ1n) is 7.16. The van der Waals surface area contributed by atoms with E-state index in [-0.39, 0.29) is 11.5 Å². The first-order valence-corrected chi connectivity index (χ1v) is 9.51. The third-order valence-corrected chi connectivity index (χ3v) is 5.62. The fourth-order valence-electron chi connectivity index (χ4n) is 2.50. The maximum Gasteiger partial charge on any atom is 0.155 e. The van der Waals surface area contributed by atoms with E-state index >= 15 is 0 Å². The molecule has 0 spiro atoms. The number of benzene rings is 1. The van der Waals surface area contributed by atoms with Gasteiger partial charge in [0.1, 0.15) is 0 Å². The van der Waals surface area contributed by atoms with Crippen LogP contribution >= 0.6 is 11.6 Å². The molecule has 112 valence electrons. The molecule has 0 radical (unpaired) electrons. The second kappa shape index (κ2) is 7.43. The Morgan fingerprint density at radius 1 is 1.00 bits per heavy atom. The molecule has 1 aromatic carbocycles. The third-order valence-electron chi connectivity index (χ3n) is 3.73. The number of rotatable bonds is 6. The molecule has 20 heavy (non-hydrogen) atoms. The average Bonchev–Trinajstić information content (AvgIpc) is 2.47. The van der Waals surface area contributed by atoms with Crippen molar-refractivity contribution in [3.05, 3.63) is 35.4 Å². The SMILES string of the molecule is O=S(=O)(CCN1CCCCC1)Cc1ccc(CCl)cc1. The quantitative estimate of drug-likeness (QED) is 0.758. The highest BCUT2D eigenvalue weighted by molar-refractivity contribution is 7.90. The lowest BCUT2D eigenvalue weighted by molar-refractivity contribution is 0.241. The lowest BCUT2D eigenvalue weighted by Gasteiger charge is -2.26. The van der Waals surface area contributed by atoms with Gasteiger partial charge in [-0.2, -0.15) is 0 Å². The predicted octanol–water partition coefficient (Wildman–Crippen LogP) is 2.83. The molecule has 2 rings (SSSR count). The third kappa shape index (κ3) is 5.08. The molecule has 0 bridgehead atoms. The molecule has 0 aliphatic carbocycles. The van der Waals surface area contributed by atoms with Crippen LogP contribution in [-0.4, -0.2) is 38.7 Å². The van der Waals surface area contributed by atoms with Crippen molar-refractivity contribution in [2.45, 2.75) is 30.9 Å². The Labute approximate surface area is 126 Å². The second-order valence-corrected chi connectivity index (χ2v) is 7.90. The van der Waals surface area contributed by atoms with Crippen molar-refractivity contribution in [1.29, 1.82) is 0 Å². The van der Waals surface area contributed by atoms with Crippen LogP contribution in [0.5, 0.6) is 0 Å². The van der Waals surface area contributed by atoms with E-state index in [0.29, 0.717) is 12.4 Å². The number of nitrogens with zero attached hydrogens (tertiary/aromatic N) is 1. The number of hydrogen-bond donors (Lipinski definition) is 0. The number of halogens is 1. The number of alkyl halides is 1. The minimum atomic E-state index is -3.03. The predicted molar refractivity (Wildman–Crippen MR) is 83.8 cm³/mol. The van der Waals surface area contributed by atoms with E-state index in [4.69, 9.17) is 11.6 Å². The van der Waals surface area contributed by atoms with E-state index in [1.807, 2.05) is 24.3 Å². The van der Waals surface area contributed by atoms with Crippen molar-refractivity contribution < 1.29 is 8.42 Å². The van der Waals surface area contributed by atoms with Crippen LogP contribution in [0.2, 0.25) is 0 Å². The van der Waals surface area contributed by atoms with E-state index in [2.05, 4.69) is 4.90 Å². The van der Waals surface area contributed by atoms with E-state index in [0.717, 1.165) is 24.2 Å². The van der Waals surface area contributed by atoms with Crippen molar-refractivity contribution in [2.24, 2.45) is 0 Å². The van der Waals surface area contributed by atoms with Gasteiger partial charge in [0.25, 0.3) is 0 Å². The van der Waals surface area contributed by atoms with Crippen molar-refractivity contribution in [1.82, 2.24) is 4.90 Å². The van der Waals surface area contributed by atoms with Crippen molar-refractivity contribution in [2.75, 3.05) is 25.4 Å². The Kier molecular flexibility index (Phi) is 5.87. The van der Waals surface area contributed by atoms with Crippen LogP contribution < -0.4 is 0 Å².